The number of likely N-dealkylation sites (tertiary alicyclic amines) is 1. The second-order valence-electron chi connectivity index (χ2n) is 17.8. The van der Waals surface area contributed by atoms with Gasteiger partial charge in [-0.2, -0.15) is 4.98 Å². The highest BCUT2D eigenvalue weighted by atomic mass is 35.5. The number of imide groups is 1. The highest BCUT2D eigenvalue weighted by Crippen LogP contribution is 2.39. The maximum Gasteiger partial charge on any atom is 0.293 e. The number of hydrogen-bond donors (Lipinski definition) is 3. The van der Waals surface area contributed by atoms with Crippen LogP contribution in [0.25, 0.3) is 10.9 Å². The van der Waals surface area contributed by atoms with E-state index in [1.807, 2.05) is 50.2 Å². The molecule has 2 aromatic heterocycles. The van der Waals surface area contributed by atoms with E-state index >= 15 is 4.39 Å². The summed E-state index contributed by atoms with van der Waals surface area (Å²) in [4.78, 5) is 77.8. The van der Waals surface area contributed by atoms with E-state index in [9.17, 15) is 24.0 Å². The van der Waals surface area contributed by atoms with Gasteiger partial charge in [-0.3, -0.25) is 34.2 Å². The lowest BCUT2D eigenvalue weighted by atomic mass is 9.82. The van der Waals surface area contributed by atoms with Crippen LogP contribution in [-0.4, -0.2) is 118 Å². The highest BCUT2D eigenvalue weighted by molar-refractivity contribution is 6.33. The van der Waals surface area contributed by atoms with Crippen LogP contribution in [0, 0.1) is 0 Å². The van der Waals surface area contributed by atoms with Gasteiger partial charge in [0, 0.05) is 74.3 Å². The van der Waals surface area contributed by atoms with E-state index in [4.69, 9.17) is 26.1 Å². The van der Waals surface area contributed by atoms with Gasteiger partial charge >= 0.3 is 0 Å². The number of carbonyl (C=O) groups excluding carboxylic acids is 4. The molecule has 6 heterocycles. The van der Waals surface area contributed by atoms with Gasteiger partial charge in [0.25, 0.3) is 17.4 Å². The zero-order valence-corrected chi connectivity index (χ0v) is 36.9. The van der Waals surface area contributed by atoms with E-state index < -0.39 is 18.1 Å². The Morgan fingerprint density at radius 2 is 1.80 bits per heavy atom. The van der Waals surface area contributed by atoms with E-state index in [1.165, 1.54) is 11.9 Å². The minimum Gasteiger partial charge on any atom is -0.478 e. The fourth-order valence-electron chi connectivity index (χ4n) is 9.81. The van der Waals surface area contributed by atoms with E-state index in [0.717, 1.165) is 54.3 Å². The predicted molar refractivity (Wildman–Crippen MR) is 238 cm³/mol. The van der Waals surface area contributed by atoms with Crippen molar-refractivity contribution in [3.05, 3.63) is 80.7 Å². The van der Waals surface area contributed by atoms with Crippen molar-refractivity contribution in [3.8, 4) is 5.75 Å². The van der Waals surface area contributed by atoms with Gasteiger partial charge in [-0.15, -0.1) is 0 Å². The van der Waals surface area contributed by atoms with Gasteiger partial charge in [0.05, 0.1) is 23.9 Å². The summed E-state index contributed by atoms with van der Waals surface area (Å²) < 4.78 is 29.7. The maximum atomic E-state index is 15.9. The number of amides is 4. The van der Waals surface area contributed by atoms with Gasteiger partial charge < -0.3 is 34.5 Å². The van der Waals surface area contributed by atoms with Crippen molar-refractivity contribution >= 4 is 63.6 Å². The first-order valence-corrected chi connectivity index (χ1v) is 22.6. The number of piperidine rings is 3. The summed E-state index contributed by atoms with van der Waals surface area (Å²) in [6.45, 7) is 6.39. The molecule has 4 aliphatic heterocycles. The van der Waals surface area contributed by atoms with Crippen LogP contribution in [0.2, 0.25) is 5.02 Å². The predicted octanol–water partition coefficient (Wildman–Crippen LogP) is 5.00. The number of fused-ring (bicyclic) bond motifs is 2. The second-order valence-corrected chi connectivity index (χ2v) is 18.2. The SMILES string of the molecule is CNC(=O)COc1cc2cc(Nc3nc(N4CCC(OC5CC(N6CC[C@H](c7ccc8c(c7)C(=O)N(C7CCC(=O)NC7=O)C8)[C@@H](F)C6)C5)CC4)ncc3Cl)ccc2n(C(C)C)c1=O. The number of halogens is 2. The number of nitrogens with one attached hydrogen (secondary N) is 3. The van der Waals surface area contributed by atoms with Crippen molar-refractivity contribution in [3.63, 3.8) is 0 Å². The number of carbonyl (C=O) groups is 4. The summed E-state index contributed by atoms with van der Waals surface area (Å²) in [5, 5.41) is 9.24. The Labute approximate surface area is 374 Å². The van der Waals surface area contributed by atoms with Crippen LogP contribution in [0.3, 0.4) is 0 Å². The molecule has 4 amide bonds. The van der Waals surface area contributed by atoms with Crippen molar-refractivity contribution in [2.45, 2.75) is 108 Å². The summed E-state index contributed by atoms with van der Waals surface area (Å²) in [5.74, 6) is -0.578. The lowest BCUT2D eigenvalue weighted by molar-refractivity contribution is -0.137. The van der Waals surface area contributed by atoms with Crippen molar-refractivity contribution in [2.24, 2.45) is 0 Å². The summed E-state index contributed by atoms with van der Waals surface area (Å²) in [7, 11) is 1.51. The number of nitrogens with zero attached hydrogens (tertiary/aromatic N) is 6. The van der Waals surface area contributed by atoms with E-state index in [2.05, 4.69) is 30.7 Å². The number of ether oxygens (including phenoxy) is 2. The van der Waals surface area contributed by atoms with Gasteiger partial charge in [0.15, 0.2) is 18.2 Å². The average Bonchev–Trinajstić information content (AvgIpc) is 3.59. The molecule has 2 aromatic carbocycles. The molecule has 5 aliphatic rings. The molecule has 3 atom stereocenters. The molecule has 0 radical (unpaired) electrons. The second kappa shape index (κ2) is 18.1. The third kappa shape index (κ3) is 8.76. The molecule has 9 rings (SSSR count). The van der Waals surface area contributed by atoms with Gasteiger partial charge in [0.1, 0.15) is 17.2 Å². The molecular formula is C46H53ClFN9O7. The Morgan fingerprint density at radius 1 is 1.00 bits per heavy atom. The van der Waals surface area contributed by atoms with Gasteiger partial charge in [0.2, 0.25) is 17.8 Å². The monoisotopic (exact) mass is 897 g/mol. The molecule has 4 aromatic rings. The summed E-state index contributed by atoms with van der Waals surface area (Å²) in [5.41, 5.74) is 3.26. The van der Waals surface area contributed by atoms with Crippen LogP contribution >= 0.6 is 11.6 Å². The third-order valence-electron chi connectivity index (χ3n) is 13.4. The zero-order chi connectivity index (χ0) is 44.8. The van der Waals surface area contributed by atoms with E-state index in [-0.39, 0.29) is 72.3 Å². The first-order valence-electron chi connectivity index (χ1n) is 22.2. The summed E-state index contributed by atoms with van der Waals surface area (Å²) >= 11 is 6.59. The summed E-state index contributed by atoms with van der Waals surface area (Å²) in [6, 6.07) is 12.3. The average molecular weight is 898 g/mol. The molecule has 0 spiro atoms. The van der Waals surface area contributed by atoms with Crippen molar-refractivity contribution in [1.29, 1.82) is 0 Å². The molecular weight excluding hydrogens is 845 g/mol. The standard InChI is InChI=1S/C46H53ClFN9O7/c1-25(2)57-37-7-6-29(16-28(37)18-39(45(57)62)63-24-41(59)49-3)51-42-35(47)21-50-46(53-42)54-13-10-31(11-14-54)64-32-19-30(20-32)55-15-12-33(36(48)23-55)26-4-5-27-22-56(44(61)34(27)17-26)38-8-9-40(58)52-43(38)60/h4-7,16-18,21,25,30-33,36,38H,8-15,19-20,22-24H2,1-3H3,(H,49,59)(H,50,51,53)(H,52,58,60)/t30?,32?,33-,36+,38?/m1/s1. The smallest absolute Gasteiger partial charge is 0.293 e. The van der Waals surface area contributed by atoms with Crippen LogP contribution in [0.15, 0.2) is 53.5 Å². The van der Waals surface area contributed by atoms with Crippen LogP contribution in [0.5, 0.6) is 5.75 Å². The Hall–Kier alpha value is -5.65. The molecule has 3 saturated heterocycles. The number of aromatic nitrogens is 3. The Morgan fingerprint density at radius 3 is 2.53 bits per heavy atom. The largest absolute Gasteiger partial charge is 0.478 e. The zero-order valence-electron chi connectivity index (χ0n) is 36.1. The number of hydrogen-bond acceptors (Lipinski definition) is 12. The number of pyridine rings is 1. The van der Waals surface area contributed by atoms with E-state index in [0.29, 0.717) is 67.1 Å². The van der Waals surface area contributed by atoms with Crippen LogP contribution < -0.4 is 31.1 Å². The number of likely N-dealkylation sites (N-methyl/N-ethyl adjacent to an activating group) is 1. The molecule has 0 bridgehead atoms. The number of rotatable bonds is 12. The van der Waals surface area contributed by atoms with Crippen molar-refractivity contribution in [1.82, 2.24) is 35.0 Å². The lowest BCUT2D eigenvalue weighted by Crippen LogP contribution is -2.54. The van der Waals surface area contributed by atoms with Gasteiger partial charge in [-0.1, -0.05) is 23.7 Å². The van der Waals surface area contributed by atoms with E-state index in [1.54, 1.807) is 16.8 Å². The fraction of sp³-hybridized carbons (Fsp3) is 0.500. The molecule has 4 fully saturated rings. The molecule has 1 saturated carbocycles. The third-order valence-corrected chi connectivity index (χ3v) is 13.7. The Kier molecular flexibility index (Phi) is 12.3. The molecule has 16 nitrogen and oxygen atoms in total. The van der Waals surface area contributed by atoms with Crippen LogP contribution in [0.1, 0.15) is 92.2 Å². The minimum absolute atomic E-state index is 0.0809. The lowest BCUT2D eigenvalue weighted by Gasteiger charge is -2.47. The van der Waals surface area contributed by atoms with Crippen LogP contribution in [-0.2, 0) is 25.7 Å². The molecule has 64 heavy (non-hydrogen) atoms. The molecule has 1 unspecified atom stereocenters. The Balaban J connectivity index is 0.750. The van der Waals surface area contributed by atoms with Gasteiger partial charge in [-0.25, -0.2) is 9.37 Å². The first kappa shape index (κ1) is 43.6. The normalized spacial score (nSPS) is 24.2. The first-order chi connectivity index (χ1) is 30.8. The minimum atomic E-state index is -1.07. The van der Waals surface area contributed by atoms with Crippen LogP contribution in [0.4, 0.5) is 21.8 Å². The molecule has 1 aliphatic carbocycles. The topological polar surface area (TPSA) is 180 Å². The molecule has 338 valence electrons. The van der Waals surface area contributed by atoms with Crippen molar-refractivity contribution in [2.75, 3.05) is 50.1 Å². The summed E-state index contributed by atoms with van der Waals surface area (Å²) in [6.07, 6.45) is 5.26. The quantitative estimate of drug-likeness (QED) is 0.162. The molecule has 3 N–H and O–H groups in total. The number of benzene rings is 2. The van der Waals surface area contributed by atoms with Crippen molar-refractivity contribution < 1.29 is 33.0 Å². The Bertz CT molecular complexity index is 2540. The fourth-order valence-corrected chi connectivity index (χ4v) is 9.95. The number of anilines is 3. The number of alkyl halides is 1. The highest BCUT2D eigenvalue weighted by Gasteiger charge is 2.43. The molecule has 18 heteroatoms. The van der Waals surface area contributed by atoms with Gasteiger partial charge in [-0.05, 0) is 100 Å². The maximum absolute atomic E-state index is 15.9.